The number of nitrogens with one attached hydrogen (secondary N) is 1. The fourth-order valence-corrected chi connectivity index (χ4v) is 1.63. The number of aromatic hydroxyl groups is 1. The van der Waals surface area contributed by atoms with Gasteiger partial charge in [0.1, 0.15) is 29.5 Å². The Balaban J connectivity index is 0. The van der Waals surface area contributed by atoms with E-state index in [9.17, 15) is 14.7 Å². The minimum atomic E-state index is -0.535. The van der Waals surface area contributed by atoms with Crippen LogP contribution >= 0.6 is 0 Å². The van der Waals surface area contributed by atoms with E-state index in [2.05, 4.69) is 34.5 Å². The number of pyridine rings is 1. The maximum Gasteiger partial charge on any atom is 0.407 e. The largest absolute Gasteiger partial charge is 0.506 e. The maximum atomic E-state index is 11.1. The Labute approximate surface area is 173 Å². The Hall–Kier alpha value is -2.97. The van der Waals surface area contributed by atoms with Crippen LogP contribution in [0.1, 0.15) is 59.4 Å². The van der Waals surface area contributed by atoms with E-state index < -0.39 is 6.09 Å². The van der Waals surface area contributed by atoms with Crippen LogP contribution in [-0.4, -0.2) is 44.0 Å². The molecule has 2 N–H and O–H groups in total. The number of nitrogens with zero attached hydrogens (tertiary/aromatic N) is 4. The zero-order chi connectivity index (χ0) is 23.0. The average molecular weight is 410 g/mol. The number of ketones is 1. The van der Waals surface area contributed by atoms with E-state index in [1.807, 2.05) is 13.8 Å². The van der Waals surface area contributed by atoms with Crippen molar-refractivity contribution in [1.29, 1.82) is 0 Å². The molecule has 0 atom stereocenters. The van der Waals surface area contributed by atoms with Gasteiger partial charge in [-0.1, -0.05) is 39.3 Å². The zero-order valence-corrected chi connectivity index (χ0v) is 19.0. The summed E-state index contributed by atoms with van der Waals surface area (Å²) in [6.45, 7) is 13.0. The number of aryl methyl sites for hydroxylation is 2. The normalized spacial score (nSPS) is 8.86. The van der Waals surface area contributed by atoms with Crippen molar-refractivity contribution in [3.8, 4) is 17.1 Å². The quantitative estimate of drug-likeness (QED) is 0.791. The minimum Gasteiger partial charge on any atom is -0.506 e. The molecule has 0 fully saturated rings. The number of aromatic nitrogens is 4. The Bertz CT molecular complexity index is 740. The third-order valence-electron chi connectivity index (χ3n) is 2.79. The van der Waals surface area contributed by atoms with Gasteiger partial charge in [0.15, 0.2) is 0 Å². The molecule has 164 valence electrons. The highest BCUT2D eigenvalue weighted by Gasteiger charge is 2.16. The number of ether oxygens (including phenoxy) is 1. The second kappa shape index (κ2) is 16.0. The van der Waals surface area contributed by atoms with Gasteiger partial charge in [0, 0.05) is 14.1 Å². The van der Waals surface area contributed by atoms with Crippen LogP contribution in [0.25, 0.3) is 11.4 Å². The molecular formula is C20H35N5O4. The summed E-state index contributed by atoms with van der Waals surface area (Å²) in [5.41, 5.74) is 2.18. The Kier molecular flexibility index (Phi) is 15.6. The molecule has 0 bridgehead atoms. The van der Waals surface area contributed by atoms with Gasteiger partial charge in [-0.05, 0) is 32.9 Å². The molecule has 0 aliphatic rings. The lowest BCUT2D eigenvalue weighted by atomic mass is 10.2. The molecule has 29 heavy (non-hydrogen) atoms. The van der Waals surface area contributed by atoms with E-state index in [0.717, 1.165) is 0 Å². The van der Waals surface area contributed by atoms with Crippen molar-refractivity contribution in [2.45, 2.75) is 61.5 Å². The molecule has 0 spiro atoms. The third kappa shape index (κ3) is 11.5. The summed E-state index contributed by atoms with van der Waals surface area (Å²) in [7, 11) is 3.18. The number of rotatable bonds is 3. The van der Waals surface area contributed by atoms with E-state index >= 15 is 0 Å². The molecule has 2 aromatic rings. The summed E-state index contributed by atoms with van der Waals surface area (Å²) in [5.74, 6) is 0.279. The van der Waals surface area contributed by atoms with Gasteiger partial charge < -0.3 is 20.0 Å². The van der Waals surface area contributed by atoms with Gasteiger partial charge >= 0.3 is 6.09 Å². The summed E-state index contributed by atoms with van der Waals surface area (Å²) in [4.78, 5) is 24.8. The molecule has 0 aromatic carbocycles. The van der Waals surface area contributed by atoms with Crippen LogP contribution < -0.4 is 5.32 Å². The van der Waals surface area contributed by atoms with E-state index in [0.29, 0.717) is 22.8 Å². The smallest absolute Gasteiger partial charge is 0.407 e. The van der Waals surface area contributed by atoms with E-state index in [1.54, 1.807) is 20.0 Å². The summed E-state index contributed by atoms with van der Waals surface area (Å²) in [6, 6.07) is 3.17. The molecule has 2 heterocycles. The van der Waals surface area contributed by atoms with Crippen molar-refractivity contribution in [2.24, 2.45) is 7.05 Å². The highest BCUT2D eigenvalue weighted by Crippen LogP contribution is 2.23. The molecule has 0 saturated carbocycles. The third-order valence-corrected chi connectivity index (χ3v) is 2.79. The molecule has 0 aliphatic carbocycles. The summed E-state index contributed by atoms with van der Waals surface area (Å²) < 4.78 is 6.52. The molecule has 0 unspecified atom stereocenters. The fourth-order valence-electron chi connectivity index (χ4n) is 1.63. The SMILES string of the molecule is CC.CC(C)=O.CCC.CNC(=O)OCc1c(-c2ccc(O)c(C)n2)nnn1C. The molecule has 9 heteroatoms. The van der Waals surface area contributed by atoms with Gasteiger partial charge in [0.2, 0.25) is 0 Å². The first-order valence-electron chi connectivity index (χ1n) is 9.54. The number of carbonyl (C=O) groups is 2. The number of alkyl carbamates (subject to hydrolysis) is 1. The first-order valence-corrected chi connectivity index (χ1v) is 9.54. The first-order chi connectivity index (χ1) is 13.7. The Morgan fingerprint density at radius 1 is 1.21 bits per heavy atom. The predicted molar refractivity (Wildman–Crippen MR) is 114 cm³/mol. The highest BCUT2D eigenvalue weighted by atomic mass is 16.5. The number of amides is 1. The molecular weight excluding hydrogens is 374 g/mol. The van der Waals surface area contributed by atoms with Crippen molar-refractivity contribution >= 4 is 11.9 Å². The van der Waals surface area contributed by atoms with E-state index in [1.165, 1.54) is 38.1 Å². The van der Waals surface area contributed by atoms with Crippen LogP contribution in [-0.2, 0) is 23.2 Å². The first kappa shape index (κ1) is 28.2. The lowest BCUT2D eigenvalue weighted by Crippen LogP contribution is -2.19. The average Bonchev–Trinajstić information content (AvgIpc) is 3.04. The standard InChI is InChI=1S/C12H15N5O3.C3H6O.C3H8.C2H6/c1-7-10(18)5-4-8(14-7)11-9(17(3)16-15-11)6-20-12(19)13-2;1-3(2)4;1-3-2;1-2/h4-5,18H,6H2,1-3H3,(H,13,19);1-2H3;3H2,1-2H3;1-2H3. The van der Waals surface area contributed by atoms with Gasteiger partial charge in [0.25, 0.3) is 0 Å². The van der Waals surface area contributed by atoms with Crippen LogP contribution in [0.2, 0.25) is 0 Å². The summed E-state index contributed by atoms with van der Waals surface area (Å²) in [5, 5.41) is 19.8. The fraction of sp³-hybridized carbons (Fsp3) is 0.550. The maximum absolute atomic E-state index is 11.1. The van der Waals surface area contributed by atoms with Gasteiger partial charge in [0.05, 0.1) is 11.4 Å². The molecule has 0 aliphatic heterocycles. The minimum absolute atomic E-state index is 0.0279. The van der Waals surface area contributed by atoms with Gasteiger partial charge in [-0.2, -0.15) is 0 Å². The molecule has 9 nitrogen and oxygen atoms in total. The molecule has 2 aromatic heterocycles. The van der Waals surface area contributed by atoms with Crippen molar-refractivity contribution < 1.29 is 19.4 Å². The number of hydrogen-bond acceptors (Lipinski definition) is 7. The van der Waals surface area contributed by atoms with Crippen molar-refractivity contribution in [3.63, 3.8) is 0 Å². The van der Waals surface area contributed by atoms with Crippen LogP contribution in [0.4, 0.5) is 4.79 Å². The lowest BCUT2D eigenvalue weighted by Gasteiger charge is -2.06. The van der Waals surface area contributed by atoms with Gasteiger partial charge in [-0.25, -0.2) is 14.5 Å². The Morgan fingerprint density at radius 2 is 1.72 bits per heavy atom. The zero-order valence-electron chi connectivity index (χ0n) is 19.0. The number of hydrogen-bond donors (Lipinski definition) is 2. The van der Waals surface area contributed by atoms with Crippen LogP contribution in [0.3, 0.4) is 0 Å². The lowest BCUT2D eigenvalue weighted by molar-refractivity contribution is -0.115. The molecule has 0 radical (unpaired) electrons. The Morgan fingerprint density at radius 3 is 2.17 bits per heavy atom. The molecule has 2 rings (SSSR count). The van der Waals surface area contributed by atoms with Crippen molar-refractivity contribution in [2.75, 3.05) is 7.05 Å². The van der Waals surface area contributed by atoms with E-state index in [-0.39, 0.29) is 18.1 Å². The summed E-state index contributed by atoms with van der Waals surface area (Å²) >= 11 is 0. The van der Waals surface area contributed by atoms with Crippen molar-refractivity contribution in [3.05, 3.63) is 23.5 Å². The van der Waals surface area contributed by atoms with Crippen LogP contribution in [0.15, 0.2) is 12.1 Å². The van der Waals surface area contributed by atoms with Gasteiger partial charge in [-0.3, -0.25) is 0 Å². The monoisotopic (exact) mass is 409 g/mol. The summed E-state index contributed by atoms with van der Waals surface area (Å²) in [6.07, 6.45) is 0.715. The highest BCUT2D eigenvalue weighted by molar-refractivity contribution is 5.72. The molecule has 0 saturated heterocycles. The second-order valence-electron chi connectivity index (χ2n) is 5.75. The predicted octanol–water partition coefficient (Wildman–Crippen LogP) is 3.78. The molecule has 1 amide bonds. The van der Waals surface area contributed by atoms with Crippen molar-refractivity contribution in [1.82, 2.24) is 25.3 Å². The number of carbonyl (C=O) groups excluding carboxylic acids is 2. The second-order valence-corrected chi connectivity index (χ2v) is 5.75. The topological polar surface area (TPSA) is 119 Å². The number of Topliss-reactive ketones (excluding diaryl/α,β-unsaturated/α-hetero) is 1. The van der Waals surface area contributed by atoms with E-state index in [4.69, 9.17) is 4.74 Å². The van der Waals surface area contributed by atoms with Crippen LogP contribution in [0, 0.1) is 6.92 Å². The van der Waals surface area contributed by atoms with Crippen LogP contribution in [0.5, 0.6) is 5.75 Å². The van der Waals surface area contributed by atoms with Gasteiger partial charge in [-0.15, -0.1) is 5.10 Å².